The van der Waals surface area contributed by atoms with Gasteiger partial charge in [0.05, 0.1) is 4.90 Å². The van der Waals surface area contributed by atoms with E-state index in [0.717, 1.165) is 17.3 Å². The van der Waals surface area contributed by atoms with Gasteiger partial charge in [-0.1, -0.05) is 29.3 Å². The van der Waals surface area contributed by atoms with E-state index in [1.807, 2.05) is 0 Å². The van der Waals surface area contributed by atoms with E-state index < -0.39 is 10.0 Å². The molecule has 1 aliphatic rings. The zero-order chi connectivity index (χ0) is 16.9. The number of hydrogen-bond donors (Lipinski definition) is 1. The highest BCUT2D eigenvalue weighted by Gasteiger charge is 2.31. The molecule has 1 aromatic carbocycles. The van der Waals surface area contributed by atoms with Crippen LogP contribution in [0.1, 0.15) is 32.6 Å². The summed E-state index contributed by atoms with van der Waals surface area (Å²) in [5.41, 5.74) is 0. The van der Waals surface area contributed by atoms with Gasteiger partial charge in [0.25, 0.3) is 0 Å². The molecule has 0 unspecified atom stereocenters. The van der Waals surface area contributed by atoms with Crippen molar-refractivity contribution in [1.82, 2.24) is 9.62 Å². The first-order valence-electron chi connectivity index (χ1n) is 7.98. The summed E-state index contributed by atoms with van der Waals surface area (Å²) in [6.45, 7) is 3.57. The number of piperidine rings is 1. The molecule has 0 spiro atoms. The van der Waals surface area contributed by atoms with Crippen molar-refractivity contribution in [2.45, 2.75) is 37.5 Å². The maximum atomic E-state index is 12.6. The van der Waals surface area contributed by atoms with E-state index in [4.69, 9.17) is 0 Å². The normalized spacial score (nSPS) is 17.1. The summed E-state index contributed by atoms with van der Waals surface area (Å²) in [4.78, 5) is 12.4. The van der Waals surface area contributed by atoms with Crippen molar-refractivity contribution in [3.05, 3.63) is 28.7 Å². The third-order valence-corrected chi connectivity index (χ3v) is 6.55. The molecule has 0 aliphatic carbocycles. The Morgan fingerprint density at radius 3 is 2.43 bits per heavy atom. The molecule has 1 heterocycles. The van der Waals surface area contributed by atoms with E-state index in [0.29, 0.717) is 37.4 Å². The summed E-state index contributed by atoms with van der Waals surface area (Å²) in [5, 5.41) is 2.93. The SMILES string of the molecule is CCCCNC(=O)C1CCN(S(=O)(=O)c2ccc(Br)cc2)CC1. The van der Waals surface area contributed by atoms with Crippen molar-refractivity contribution in [3.8, 4) is 0 Å². The average Bonchev–Trinajstić information content (AvgIpc) is 2.55. The summed E-state index contributed by atoms with van der Waals surface area (Å²) >= 11 is 3.30. The molecular weight excluding hydrogens is 380 g/mol. The maximum Gasteiger partial charge on any atom is 0.243 e. The molecular formula is C16H23BrN2O3S. The molecule has 1 aliphatic heterocycles. The fraction of sp³-hybridized carbons (Fsp3) is 0.562. The summed E-state index contributed by atoms with van der Waals surface area (Å²) in [5.74, 6) is -0.0256. The predicted molar refractivity (Wildman–Crippen MR) is 93.5 cm³/mol. The van der Waals surface area contributed by atoms with E-state index in [2.05, 4.69) is 28.2 Å². The highest BCUT2D eigenvalue weighted by molar-refractivity contribution is 9.10. The van der Waals surface area contributed by atoms with Crippen LogP contribution in [0.2, 0.25) is 0 Å². The van der Waals surface area contributed by atoms with Crippen LogP contribution >= 0.6 is 15.9 Å². The van der Waals surface area contributed by atoms with Gasteiger partial charge in [0.1, 0.15) is 0 Å². The second-order valence-corrected chi connectivity index (χ2v) is 8.63. The highest BCUT2D eigenvalue weighted by atomic mass is 79.9. The van der Waals surface area contributed by atoms with Crippen LogP contribution in [0.5, 0.6) is 0 Å². The Morgan fingerprint density at radius 2 is 1.87 bits per heavy atom. The Labute approximate surface area is 146 Å². The lowest BCUT2D eigenvalue weighted by Crippen LogP contribution is -2.43. The molecule has 0 aromatic heterocycles. The quantitative estimate of drug-likeness (QED) is 0.743. The van der Waals surface area contributed by atoms with Gasteiger partial charge >= 0.3 is 0 Å². The van der Waals surface area contributed by atoms with E-state index >= 15 is 0 Å². The number of nitrogens with one attached hydrogen (secondary N) is 1. The van der Waals surface area contributed by atoms with Crippen LogP contribution < -0.4 is 5.32 Å². The number of rotatable bonds is 6. The van der Waals surface area contributed by atoms with Gasteiger partial charge in [0.15, 0.2) is 0 Å². The molecule has 1 N–H and O–H groups in total. The summed E-state index contributed by atoms with van der Waals surface area (Å²) in [6.07, 6.45) is 3.17. The first-order chi connectivity index (χ1) is 10.9. The Balaban J connectivity index is 1.93. The van der Waals surface area contributed by atoms with Crippen molar-refractivity contribution in [2.24, 2.45) is 5.92 Å². The molecule has 23 heavy (non-hydrogen) atoms. The number of carbonyl (C=O) groups is 1. The minimum absolute atomic E-state index is 0.0548. The van der Waals surface area contributed by atoms with Crippen molar-refractivity contribution in [1.29, 1.82) is 0 Å². The van der Waals surface area contributed by atoms with Crippen LogP contribution in [-0.4, -0.2) is 38.3 Å². The van der Waals surface area contributed by atoms with Crippen LogP contribution in [0.3, 0.4) is 0 Å². The predicted octanol–water partition coefficient (Wildman–Crippen LogP) is 2.77. The van der Waals surface area contributed by atoms with Crippen molar-refractivity contribution >= 4 is 31.9 Å². The zero-order valence-electron chi connectivity index (χ0n) is 13.3. The Bertz CT molecular complexity index is 623. The summed E-state index contributed by atoms with van der Waals surface area (Å²) in [7, 11) is -3.47. The molecule has 1 amide bonds. The Kier molecular flexibility index (Phi) is 6.61. The molecule has 1 aromatic rings. The minimum Gasteiger partial charge on any atom is -0.356 e. The summed E-state index contributed by atoms with van der Waals surface area (Å²) < 4.78 is 27.5. The van der Waals surface area contributed by atoms with Crippen LogP contribution in [0.25, 0.3) is 0 Å². The Hall–Kier alpha value is -0.920. The van der Waals surface area contributed by atoms with Crippen LogP contribution in [0, 0.1) is 5.92 Å². The number of carbonyl (C=O) groups excluding carboxylic acids is 1. The number of sulfonamides is 1. The molecule has 2 rings (SSSR count). The van der Waals surface area contributed by atoms with Crippen LogP contribution in [0.15, 0.2) is 33.6 Å². The smallest absolute Gasteiger partial charge is 0.243 e. The molecule has 0 radical (unpaired) electrons. The van der Waals surface area contributed by atoms with Gasteiger partial charge in [-0.25, -0.2) is 8.42 Å². The first kappa shape index (κ1) is 18.4. The van der Waals surface area contributed by atoms with E-state index in [1.54, 1.807) is 24.3 Å². The lowest BCUT2D eigenvalue weighted by atomic mass is 9.97. The fourth-order valence-corrected chi connectivity index (χ4v) is 4.38. The van der Waals surface area contributed by atoms with Crippen molar-refractivity contribution < 1.29 is 13.2 Å². The minimum atomic E-state index is -3.47. The number of benzene rings is 1. The van der Waals surface area contributed by atoms with Gasteiger partial charge in [-0.05, 0) is 43.5 Å². The lowest BCUT2D eigenvalue weighted by Gasteiger charge is -2.30. The largest absolute Gasteiger partial charge is 0.356 e. The number of unbranched alkanes of at least 4 members (excludes halogenated alkanes) is 1. The highest BCUT2D eigenvalue weighted by Crippen LogP contribution is 2.24. The van der Waals surface area contributed by atoms with E-state index in [1.165, 1.54) is 4.31 Å². The standard InChI is InChI=1S/C16H23BrN2O3S/c1-2-3-10-18-16(20)13-8-11-19(12-9-13)23(21,22)15-6-4-14(17)5-7-15/h4-7,13H,2-3,8-12H2,1H3,(H,18,20). The van der Waals surface area contributed by atoms with E-state index in [9.17, 15) is 13.2 Å². The number of nitrogens with zero attached hydrogens (tertiary/aromatic N) is 1. The number of halogens is 1. The Morgan fingerprint density at radius 1 is 1.26 bits per heavy atom. The maximum absolute atomic E-state index is 12.6. The topological polar surface area (TPSA) is 66.5 Å². The number of hydrogen-bond acceptors (Lipinski definition) is 3. The molecule has 7 heteroatoms. The third kappa shape index (κ3) is 4.78. The van der Waals surface area contributed by atoms with Gasteiger partial charge in [-0.2, -0.15) is 4.31 Å². The van der Waals surface area contributed by atoms with E-state index in [-0.39, 0.29) is 11.8 Å². The lowest BCUT2D eigenvalue weighted by molar-refractivity contribution is -0.126. The second kappa shape index (κ2) is 8.26. The van der Waals surface area contributed by atoms with Gasteiger partial charge in [0.2, 0.25) is 15.9 Å². The first-order valence-corrected chi connectivity index (χ1v) is 10.2. The molecule has 0 bridgehead atoms. The van der Waals surface area contributed by atoms with Crippen molar-refractivity contribution in [2.75, 3.05) is 19.6 Å². The van der Waals surface area contributed by atoms with Gasteiger partial charge in [-0.3, -0.25) is 4.79 Å². The average molecular weight is 403 g/mol. The van der Waals surface area contributed by atoms with Gasteiger partial charge in [0, 0.05) is 30.0 Å². The molecule has 5 nitrogen and oxygen atoms in total. The molecule has 1 fully saturated rings. The molecule has 0 saturated carbocycles. The van der Waals surface area contributed by atoms with Crippen LogP contribution in [-0.2, 0) is 14.8 Å². The number of amides is 1. The second-order valence-electron chi connectivity index (χ2n) is 5.78. The summed E-state index contributed by atoms with van der Waals surface area (Å²) in [6, 6.07) is 6.65. The van der Waals surface area contributed by atoms with Crippen LogP contribution in [0.4, 0.5) is 0 Å². The zero-order valence-corrected chi connectivity index (χ0v) is 15.7. The van der Waals surface area contributed by atoms with Gasteiger partial charge in [-0.15, -0.1) is 0 Å². The third-order valence-electron chi connectivity index (χ3n) is 4.11. The van der Waals surface area contributed by atoms with Crippen molar-refractivity contribution in [3.63, 3.8) is 0 Å². The monoisotopic (exact) mass is 402 g/mol. The fourth-order valence-electron chi connectivity index (χ4n) is 2.65. The molecule has 0 atom stereocenters. The molecule has 1 saturated heterocycles. The molecule has 128 valence electrons. The van der Waals surface area contributed by atoms with Gasteiger partial charge < -0.3 is 5.32 Å².